The molecule has 1 atom stereocenters. The smallest absolute Gasteiger partial charge is 0.233 e. The van der Waals surface area contributed by atoms with E-state index >= 15 is 0 Å². The van der Waals surface area contributed by atoms with Crippen LogP contribution in [-0.4, -0.2) is 57.5 Å². The van der Waals surface area contributed by atoms with Gasteiger partial charge in [-0.25, -0.2) is 0 Å². The van der Waals surface area contributed by atoms with Crippen molar-refractivity contribution in [1.82, 2.24) is 25.0 Å². The van der Waals surface area contributed by atoms with Crippen LogP contribution in [0.1, 0.15) is 43.8 Å². The van der Waals surface area contributed by atoms with Gasteiger partial charge in [-0.2, -0.15) is 0 Å². The molecule has 130 valence electrons. The summed E-state index contributed by atoms with van der Waals surface area (Å²) in [6, 6.07) is 0. The van der Waals surface area contributed by atoms with Gasteiger partial charge in [-0.15, -0.1) is 22.6 Å². The normalized spacial score (nSPS) is 21.8. The minimum atomic E-state index is 0. The minimum absolute atomic E-state index is 0. The van der Waals surface area contributed by atoms with E-state index in [0.29, 0.717) is 11.7 Å². The van der Waals surface area contributed by atoms with Crippen molar-refractivity contribution in [2.45, 2.75) is 43.2 Å². The Balaban J connectivity index is 0.00000192. The number of carbonyl (C=O) groups excluding carboxylic acids is 1. The molecule has 3 heterocycles. The molecule has 0 saturated carbocycles. The van der Waals surface area contributed by atoms with Crippen molar-refractivity contribution in [3.8, 4) is 0 Å². The zero-order valence-electron chi connectivity index (χ0n) is 13.7. The van der Waals surface area contributed by atoms with Crippen molar-refractivity contribution in [3.63, 3.8) is 0 Å². The summed E-state index contributed by atoms with van der Waals surface area (Å²) < 4.78 is 2.06. The van der Waals surface area contributed by atoms with Gasteiger partial charge in [-0.3, -0.25) is 4.79 Å². The van der Waals surface area contributed by atoms with Crippen molar-refractivity contribution in [2.24, 2.45) is 7.05 Å². The molecule has 1 aromatic heterocycles. The first kappa shape index (κ1) is 18.5. The zero-order valence-corrected chi connectivity index (χ0v) is 15.3. The van der Waals surface area contributed by atoms with Gasteiger partial charge in [0.05, 0.1) is 5.75 Å². The predicted octanol–water partition coefficient (Wildman–Crippen LogP) is 1.81. The van der Waals surface area contributed by atoms with E-state index < -0.39 is 0 Å². The molecule has 1 unspecified atom stereocenters. The van der Waals surface area contributed by atoms with E-state index in [9.17, 15) is 4.79 Å². The van der Waals surface area contributed by atoms with Crippen molar-refractivity contribution in [2.75, 3.05) is 31.9 Å². The summed E-state index contributed by atoms with van der Waals surface area (Å²) in [6.45, 7) is 3.90. The highest BCUT2D eigenvalue weighted by Crippen LogP contribution is 2.25. The van der Waals surface area contributed by atoms with Gasteiger partial charge in [-0.1, -0.05) is 11.8 Å². The van der Waals surface area contributed by atoms with Crippen LogP contribution in [-0.2, 0) is 11.8 Å². The second-order valence-electron chi connectivity index (χ2n) is 6.17. The molecule has 2 aliphatic rings. The van der Waals surface area contributed by atoms with Gasteiger partial charge >= 0.3 is 0 Å². The molecule has 1 N–H and O–H groups in total. The molecule has 2 fully saturated rings. The van der Waals surface area contributed by atoms with Crippen molar-refractivity contribution < 1.29 is 4.79 Å². The first-order valence-electron chi connectivity index (χ1n) is 8.26. The second-order valence-corrected chi connectivity index (χ2v) is 7.12. The molecule has 1 amide bonds. The van der Waals surface area contributed by atoms with Crippen LogP contribution in [0.25, 0.3) is 0 Å². The number of hydrogen-bond donors (Lipinski definition) is 1. The molecule has 6 nitrogen and oxygen atoms in total. The average Bonchev–Trinajstić information content (AvgIpc) is 2.95. The van der Waals surface area contributed by atoms with Crippen LogP contribution >= 0.6 is 24.2 Å². The van der Waals surface area contributed by atoms with Gasteiger partial charge in [-0.05, 0) is 38.6 Å². The number of amides is 1. The average molecular weight is 360 g/mol. The third kappa shape index (κ3) is 4.61. The maximum absolute atomic E-state index is 12.2. The number of nitrogens with zero attached hydrogens (tertiary/aromatic N) is 4. The Morgan fingerprint density at radius 3 is 2.74 bits per heavy atom. The molecule has 0 bridgehead atoms. The number of carbonyl (C=O) groups is 1. The fourth-order valence-electron chi connectivity index (χ4n) is 3.24. The fraction of sp³-hybridized carbons (Fsp3) is 0.800. The van der Waals surface area contributed by atoms with Crippen LogP contribution in [0.4, 0.5) is 0 Å². The van der Waals surface area contributed by atoms with E-state index in [2.05, 4.69) is 20.1 Å². The van der Waals surface area contributed by atoms with Crippen LogP contribution in [0, 0.1) is 0 Å². The molecule has 0 radical (unpaired) electrons. The largest absolute Gasteiger partial charge is 0.342 e. The highest BCUT2D eigenvalue weighted by atomic mass is 35.5. The molecule has 8 heteroatoms. The Hall–Kier alpha value is -0.790. The highest BCUT2D eigenvalue weighted by molar-refractivity contribution is 7.99. The lowest BCUT2D eigenvalue weighted by atomic mass is 9.99. The lowest BCUT2D eigenvalue weighted by Crippen LogP contribution is -2.36. The Morgan fingerprint density at radius 2 is 2.04 bits per heavy atom. The van der Waals surface area contributed by atoms with Gasteiger partial charge in [0, 0.05) is 32.6 Å². The van der Waals surface area contributed by atoms with Gasteiger partial charge in [0.1, 0.15) is 5.82 Å². The van der Waals surface area contributed by atoms with E-state index in [1.54, 1.807) is 0 Å². The Kier molecular flexibility index (Phi) is 7.17. The summed E-state index contributed by atoms with van der Waals surface area (Å²) >= 11 is 1.51. The summed E-state index contributed by atoms with van der Waals surface area (Å²) in [7, 11) is 2.01. The Bertz CT molecular complexity index is 512. The molecular formula is C15H26ClN5OS. The van der Waals surface area contributed by atoms with E-state index in [-0.39, 0.29) is 18.3 Å². The minimum Gasteiger partial charge on any atom is -0.342 e. The van der Waals surface area contributed by atoms with E-state index in [4.69, 9.17) is 0 Å². The summed E-state index contributed by atoms with van der Waals surface area (Å²) in [6.07, 6.45) is 5.88. The maximum atomic E-state index is 12.2. The SMILES string of the molecule is Cl.Cn1c(SCC(=O)N2CCCCC2)nnc1C1CCCNC1. The summed E-state index contributed by atoms with van der Waals surface area (Å²) in [5, 5.41) is 12.9. The molecule has 1 aromatic rings. The third-order valence-corrected chi connectivity index (χ3v) is 5.57. The molecule has 3 rings (SSSR count). The molecule has 2 aliphatic heterocycles. The lowest BCUT2D eigenvalue weighted by Gasteiger charge is -2.26. The third-order valence-electron chi connectivity index (χ3n) is 4.56. The zero-order chi connectivity index (χ0) is 15.4. The van der Waals surface area contributed by atoms with E-state index in [1.807, 2.05) is 11.9 Å². The quantitative estimate of drug-likeness (QED) is 0.831. The summed E-state index contributed by atoms with van der Waals surface area (Å²) in [5.74, 6) is 2.18. The Morgan fingerprint density at radius 1 is 1.26 bits per heavy atom. The second kappa shape index (κ2) is 8.89. The number of thioether (sulfide) groups is 1. The van der Waals surface area contributed by atoms with E-state index in [0.717, 1.165) is 56.4 Å². The number of hydrogen-bond acceptors (Lipinski definition) is 5. The lowest BCUT2D eigenvalue weighted by molar-refractivity contribution is -0.129. The van der Waals surface area contributed by atoms with E-state index in [1.165, 1.54) is 24.6 Å². The number of halogens is 1. The number of nitrogens with one attached hydrogen (secondary N) is 1. The van der Waals surface area contributed by atoms with Gasteiger partial charge < -0.3 is 14.8 Å². The monoisotopic (exact) mass is 359 g/mol. The number of piperidine rings is 2. The molecule has 0 spiro atoms. The van der Waals surface area contributed by atoms with Gasteiger partial charge in [0.25, 0.3) is 0 Å². The van der Waals surface area contributed by atoms with Crippen LogP contribution < -0.4 is 5.32 Å². The highest BCUT2D eigenvalue weighted by Gasteiger charge is 2.23. The van der Waals surface area contributed by atoms with Crippen LogP contribution in [0.2, 0.25) is 0 Å². The van der Waals surface area contributed by atoms with Gasteiger partial charge in [0.15, 0.2) is 5.16 Å². The topological polar surface area (TPSA) is 63.1 Å². The molecule has 23 heavy (non-hydrogen) atoms. The van der Waals surface area contributed by atoms with Crippen molar-refractivity contribution in [3.05, 3.63) is 5.82 Å². The summed E-state index contributed by atoms with van der Waals surface area (Å²) in [5.41, 5.74) is 0. The van der Waals surface area contributed by atoms with Gasteiger partial charge in [0.2, 0.25) is 5.91 Å². The fourth-order valence-corrected chi connectivity index (χ4v) is 4.06. The number of rotatable bonds is 4. The molecule has 0 aliphatic carbocycles. The standard InChI is InChI=1S/C15H25N5OS.ClH/c1-19-14(12-6-5-7-16-10-12)17-18-15(19)22-11-13(21)20-8-3-2-4-9-20;/h12,16H,2-11H2,1H3;1H. The first-order valence-corrected chi connectivity index (χ1v) is 9.25. The van der Waals surface area contributed by atoms with Crippen LogP contribution in [0.15, 0.2) is 5.16 Å². The summed E-state index contributed by atoms with van der Waals surface area (Å²) in [4.78, 5) is 14.2. The number of aromatic nitrogens is 3. The number of likely N-dealkylation sites (tertiary alicyclic amines) is 1. The van der Waals surface area contributed by atoms with Crippen molar-refractivity contribution in [1.29, 1.82) is 0 Å². The Labute approximate surface area is 148 Å². The predicted molar refractivity (Wildman–Crippen MR) is 94.3 cm³/mol. The first-order chi connectivity index (χ1) is 10.8. The van der Waals surface area contributed by atoms with Crippen LogP contribution in [0.5, 0.6) is 0 Å². The molecule has 0 aromatic carbocycles. The molecule has 2 saturated heterocycles. The van der Waals surface area contributed by atoms with Crippen molar-refractivity contribution >= 4 is 30.1 Å². The maximum Gasteiger partial charge on any atom is 0.233 e. The molecular weight excluding hydrogens is 334 g/mol. The van der Waals surface area contributed by atoms with Crippen LogP contribution in [0.3, 0.4) is 0 Å².